The van der Waals surface area contributed by atoms with Gasteiger partial charge in [-0.05, 0) is 11.6 Å². The summed E-state index contributed by atoms with van der Waals surface area (Å²) in [6.07, 6.45) is 3.92. The van der Waals surface area contributed by atoms with Gasteiger partial charge in [0.25, 0.3) is 0 Å². The number of benzene rings is 1. The molecule has 0 amide bonds. The van der Waals surface area contributed by atoms with Crippen molar-refractivity contribution < 1.29 is 14.3 Å². The fourth-order valence-corrected chi connectivity index (χ4v) is 1.54. The highest BCUT2D eigenvalue weighted by molar-refractivity contribution is 5.87. The second kappa shape index (κ2) is 5.47. The van der Waals surface area contributed by atoms with Crippen molar-refractivity contribution in [1.29, 1.82) is 0 Å². The van der Waals surface area contributed by atoms with Crippen molar-refractivity contribution in [3.05, 3.63) is 42.0 Å². The van der Waals surface area contributed by atoms with Gasteiger partial charge in [-0.1, -0.05) is 30.3 Å². The fourth-order valence-electron chi connectivity index (χ4n) is 1.54. The molecule has 1 aromatic carbocycles. The summed E-state index contributed by atoms with van der Waals surface area (Å²) in [6, 6.07) is 9.65. The molecule has 3 heteroatoms. The maximum atomic E-state index is 11.4. The summed E-state index contributed by atoms with van der Waals surface area (Å²) in [5.41, 5.74) is 0.988. The van der Waals surface area contributed by atoms with Gasteiger partial charge < -0.3 is 9.47 Å². The molecule has 0 aliphatic carbocycles. The van der Waals surface area contributed by atoms with E-state index in [-0.39, 0.29) is 12.1 Å². The van der Waals surface area contributed by atoms with E-state index in [4.69, 9.17) is 9.47 Å². The maximum absolute atomic E-state index is 11.4. The predicted octanol–water partition coefficient (Wildman–Crippen LogP) is 2.03. The van der Waals surface area contributed by atoms with E-state index in [1.807, 2.05) is 30.3 Å². The third-order valence-electron chi connectivity index (χ3n) is 2.38. The Morgan fingerprint density at radius 1 is 1.38 bits per heavy atom. The summed E-state index contributed by atoms with van der Waals surface area (Å²) in [5.74, 6) is -0.306. The molecule has 0 radical (unpaired) electrons. The van der Waals surface area contributed by atoms with Crippen LogP contribution in [0, 0.1) is 0 Å². The number of hydrogen-bond donors (Lipinski definition) is 0. The normalized spacial score (nSPS) is 20.1. The van der Waals surface area contributed by atoms with Crippen molar-refractivity contribution in [1.82, 2.24) is 0 Å². The van der Waals surface area contributed by atoms with Gasteiger partial charge in [-0.15, -0.1) is 0 Å². The minimum atomic E-state index is -0.306. The summed E-state index contributed by atoms with van der Waals surface area (Å²) in [6.45, 7) is 1.20. The summed E-state index contributed by atoms with van der Waals surface area (Å²) < 4.78 is 10.3. The maximum Gasteiger partial charge on any atom is 0.331 e. The number of carbonyl (C=O) groups is 1. The lowest BCUT2D eigenvalue weighted by molar-refractivity contribution is -0.142. The molecular formula is C13H14O3. The summed E-state index contributed by atoms with van der Waals surface area (Å²) >= 11 is 0. The second-order valence-corrected chi connectivity index (χ2v) is 3.67. The monoisotopic (exact) mass is 218 g/mol. The fraction of sp³-hybridized carbons (Fsp3) is 0.308. The van der Waals surface area contributed by atoms with Gasteiger partial charge in [0, 0.05) is 12.5 Å². The number of esters is 1. The van der Waals surface area contributed by atoms with Crippen LogP contribution in [0.25, 0.3) is 6.08 Å². The van der Waals surface area contributed by atoms with Crippen molar-refractivity contribution >= 4 is 12.0 Å². The largest absolute Gasteiger partial charge is 0.457 e. The number of rotatable bonds is 3. The third-order valence-corrected chi connectivity index (χ3v) is 2.38. The van der Waals surface area contributed by atoms with E-state index in [0.717, 1.165) is 12.0 Å². The van der Waals surface area contributed by atoms with Crippen molar-refractivity contribution in [3.8, 4) is 0 Å². The van der Waals surface area contributed by atoms with Crippen molar-refractivity contribution in [3.63, 3.8) is 0 Å². The smallest absolute Gasteiger partial charge is 0.331 e. The highest BCUT2D eigenvalue weighted by Crippen LogP contribution is 2.09. The van der Waals surface area contributed by atoms with Crippen LogP contribution in [0.4, 0.5) is 0 Å². The van der Waals surface area contributed by atoms with Crippen LogP contribution in [0.2, 0.25) is 0 Å². The lowest BCUT2D eigenvalue weighted by Gasteiger charge is -2.06. The Morgan fingerprint density at radius 3 is 2.88 bits per heavy atom. The van der Waals surface area contributed by atoms with Gasteiger partial charge in [-0.3, -0.25) is 0 Å². The average molecular weight is 218 g/mol. The lowest BCUT2D eigenvalue weighted by atomic mass is 10.2. The highest BCUT2D eigenvalue weighted by Gasteiger charge is 2.18. The first-order valence-corrected chi connectivity index (χ1v) is 5.36. The van der Waals surface area contributed by atoms with Crippen LogP contribution in [0.1, 0.15) is 12.0 Å². The molecule has 0 spiro atoms. The minimum Gasteiger partial charge on any atom is -0.457 e. The van der Waals surface area contributed by atoms with Gasteiger partial charge in [-0.25, -0.2) is 4.79 Å². The lowest BCUT2D eigenvalue weighted by Crippen LogP contribution is -2.16. The first-order chi connectivity index (χ1) is 7.84. The molecule has 3 nitrogen and oxygen atoms in total. The Labute approximate surface area is 94.7 Å². The Kier molecular flexibility index (Phi) is 3.72. The van der Waals surface area contributed by atoms with Gasteiger partial charge in [0.05, 0.1) is 13.2 Å². The highest BCUT2D eigenvalue weighted by atomic mass is 16.6. The molecule has 0 saturated carbocycles. The van der Waals surface area contributed by atoms with Crippen LogP contribution in [0.15, 0.2) is 36.4 Å². The van der Waals surface area contributed by atoms with Crippen molar-refractivity contribution in [2.24, 2.45) is 0 Å². The van der Waals surface area contributed by atoms with Crippen molar-refractivity contribution in [2.75, 3.05) is 13.2 Å². The Balaban J connectivity index is 1.84. The zero-order chi connectivity index (χ0) is 11.2. The zero-order valence-corrected chi connectivity index (χ0v) is 8.96. The van der Waals surface area contributed by atoms with Gasteiger partial charge in [0.2, 0.25) is 0 Å². The molecule has 1 atom stereocenters. The van der Waals surface area contributed by atoms with Gasteiger partial charge in [0.1, 0.15) is 6.10 Å². The SMILES string of the molecule is O=C(C=Cc1ccccc1)OC1CCOC1. The molecule has 1 aromatic rings. The van der Waals surface area contributed by atoms with Crippen LogP contribution < -0.4 is 0 Å². The van der Waals surface area contributed by atoms with E-state index in [9.17, 15) is 4.79 Å². The van der Waals surface area contributed by atoms with E-state index in [1.54, 1.807) is 6.08 Å². The second-order valence-electron chi connectivity index (χ2n) is 3.67. The minimum absolute atomic E-state index is 0.0760. The third kappa shape index (κ3) is 3.21. The number of hydrogen-bond acceptors (Lipinski definition) is 3. The number of carbonyl (C=O) groups excluding carboxylic acids is 1. The molecule has 1 aliphatic rings. The number of ether oxygens (including phenoxy) is 2. The molecule has 84 valence electrons. The molecule has 16 heavy (non-hydrogen) atoms. The van der Waals surface area contributed by atoms with Crippen molar-refractivity contribution in [2.45, 2.75) is 12.5 Å². The molecule has 1 heterocycles. The van der Waals surface area contributed by atoms with Gasteiger partial charge in [0.15, 0.2) is 0 Å². The molecule has 0 N–H and O–H groups in total. The van der Waals surface area contributed by atoms with Gasteiger partial charge in [-0.2, -0.15) is 0 Å². The Bertz CT molecular complexity index is 364. The summed E-state index contributed by atoms with van der Waals surface area (Å²) in [5, 5.41) is 0. The molecule has 1 fully saturated rings. The van der Waals surface area contributed by atoms with E-state index >= 15 is 0 Å². The molecule has 0 bridgehead atoms. The molecule has 1 saturated heterocycles. The molecule has 0 aromatic heterocycles. The predicted molar refractivity (Wildman–Crippen MR) is 60.8 cm³/mol. The van der Waals surface area contributed by atoms with Gasteiger partial charge >= 0.3 is 5.97 Å². The van der Waals surface area contributed by atoms with Crippen LogP contribution >= 0.6 is 0 Å². The topological polar surface area (TPSA) is 35.5 Å². The van der Waals surface area contributed by atoms with E-state index in [2.05, 4.69) is 0 Å². The first kappa shape index (κ1) is 10.9. The summed E-state index contributed by atoms with van der Waals surface area (Å²) in [7, 11) is 0. The van der Waals surface area contributed by atoms with Crippen LogP contribution in [-0.2, 0) is 14.3 Å². The van der Waals surface area contributed by atoms with Crippen LogP contribution in [0.5, 0.6) is 0 Å². The van der Waals surface area contributed by atoms with Crippen LogP contribution in [-0.4, -0.2) is 25.3 Å². The standard InChI is InChI=1S/C13H14O3/c14-13(16-12-8-9-15-10-12)7-6-11-4-2-1-3-5-11/h1-7,12H,8-10H2. The molecule has 1 unspecified atom stereocenters. The molecule has 2 rings (SSSR count). The zero-order valence-electron chi connectivity index (χ0n) is 8.96. The first-order valence-electron chi connectivity index (χ1n) is 5.36. The van der Waals surface area contributed by atoms with Crippen LogP contribution in [0.3, 0.4) is 0 Å². The molecular weight excluding hydrogens is 204 g/mol. The summed E-state index contributed by atoms with van der Waals surface area (Å²) in [4.78, 5) is 11.4. The van der Waals surface area contributed by atoms with E-state index in [0.29, 0.717) is 13.2 Å². The average Bonchev–Trinajstić information content (AvgIpc) is 2.81. The quantitative estimate of drug-likeness (QED) is 0.575. The van der Waals surface area contributed by atoms with E-state index in [1.165, 1.54) is 6.08 Å². The molecule has 1 aliphatic heterocycles. The Morgan fingerprint density at radius 2 is 2.19 bits per heavy atom. The Hall–Kier alpha value is -1.61. The van der Waals surface area contributed by atoms with E-state index < -0.39 is 0 Å².